The van der Waals surface area contributed by atoms with E-state index in [0.717, 1.165) is 36.3 Å². The van der Waals surface area contributed by atoms with E-state index in [4.69, 9.17) is 0 Å². The molecule has 4 nitrogen and oxygen atoms in total. The monoisotopic (exact) mass is 259 g/mol. The number of aliphatic hydroxyl groups excluding tert-OH is 1. The maximum absolute atomic E-state index is 9.28. The number of hydrogen-bond acceptors (Lipinski definition) is 3. The second kappa shape index (κ2) is 6.50. The number of aliphatic hydroxyl groups is 1. The van der Waals surface area contributed by atoms with Crippen molar-refractivity contribution in [3.63, 3.8) is 0 Å². The molecule has 2 rings (SSSR count). The highest BCUT2D eigenvalue weighted by atomic mass is 16.3. The Hall–Kier alpha value is -1.65. The number of nitrogens with zero attached hydrogens (tertiary/aromatic N) is 2. The fourth-order valence-corrected chi connectivity index (χ4v) is 2.25. The molecular weight excluding hydrogens is 238 g/mol. The average molecular weight is 259 g/mol. The van der Waals surface area contributed by atoms with Gasteiger partial charge in [0.1, 0.15) is 0 Å². The van der Waals surface area contributed by atoms with Crippen molar-refractivity contribution >= 4 is 0 Å². The van der Waals surface area contributed by atoms with Crippen molar-refractivity contribution < 1.29 is 5.11 Å². The maximum atomic E-state index is 9.28. The number of hydrogen-bond donors (Lipinski definition) is 2. The van der Waals surface area contributed by atoms with Crippen LogP contribution < -0.4 is 5.32 Å². The predicted molar refractivity (Wildman–Crippen MR) is 75.5 cm³/mol. The van der Waals surface area contributed by atoms with Gasteiger partial charge in [0.25, 0.3) is 0 Å². The smallest absolute Gasteiger partial charge is 0.0685 e. The van der Waals surface area contributed by atoms with Crippen LogP contribution in [0, 0.1) is 0 Å². The first-order valence-electron chi connectivity index (χ1n) is 6.64. The van der Waals surface area contributed by atoms with Crippen molar-refractivity contribution in [1.82, 2.24) is 15.1 Å². The number of nitrogens with one attached hydrogen (secondary N) is 1. The Morgan fingerprint density at radius 1 is 1.16 bits per heavy atom. The van der Waals surface area contributed by atoms with Crippen LogP contribution in [0.1, 0.15) is 29.3 Å². The van der Waals surface area contributed by atoms with Crippen LogP contribution >= 0.6 is 0 Å². The quantitative estimate of drug-likeness (QED) is 0.831. The molecule has 1 aromatic carbocycles. The van der Waals surface area contributed by atoms with Crippen molar-refractivity contribution in [2.45, 2.75) is 33.0 Å². The lowest BCUT2D eigenvalue weighted by atomic mass is 10.1. The van der Waals surface area contributed by atoms with Crippen LogP contribution in [-0.4, -0.2) is 14.9 Å². The van der Waals surface area contributed by atoms with Crippen LogP contribution in [0.3, 0.4) is 0 Å². The molecule has 0 atom stereocenters. The molecule has 0 aliphatic rings. The second-order valence-electron chi connectivity index (χ2n) is 4.66. The molecule has 0 saturated carbocycles. The highest BCUT2D eigenvalue weighted by molar-refractivity contribution is 5.26. The summed E-state index contributed by atoms with van der Waals surface area (Å²) >= 11 is 0. The maximum Gasteiger partial charge on any atom is 0.0685 e. The fraction of sp³-hybridized carbons (Fsp3) is 0.400. The molecule has 102 valence electrons. The lowest BCUT2D eigenvalue weighted by Crippen LogP contribution is -2.14. The minimum Gasteiger partial charge on any atom is -0.392 e. The molecule has 1 heterocycles. The molecule has 0 bridgehead atoms. The molecule has 0 fully saturated rings. The van der Waals surface area contributed by atoms with Gasteiger partial charge in [0, 0.05) is 31.9 Å². The molecule has 4 heteroatoms. The molecule has 0 amide bonds. The van der Waals surface area contributed by atoms with Gasteiger partial charge in [-0.15, -0.1) is 0 Å². The van der Waals surface area contributed by atoms with E-state index in [-0.39, 0.29) is 6.61 Å². The van der Waals surface area contributed by atoms with Gasteiger partial charge in [-0.05, 0) is 17.5 Å². The van der Waals surface area contributed by atoms with Gasteiger partial charge in [-0.2, -0.15) is 5.10 Å². The Bertz CT molecular complexity index is 534. The molecule has 1 aromatic heterocycles. The number of rotatable bonds is 6. The molecule has 0 saturated heterocycles. The standard InChI is InChI=1S/C15H21N3O/c1-3-15-14(10-18(2)17-15)9-16-8-12-6-4-5-7-13(12)11-19/h4-7,10,16,19H,3,8-9,11H2,1-2H3. The molecule has 19 heavy (non-hydrogen) atoms. The molecular formula is C15H21N3O. The van der Waals surface area contributed by atoms with E-state index in [1.807, 2.05) is 36.0 Å². The minimum absolute atomic E-state index is 0.0882. The summed E-state index contributed by atoms with van der Waals surface area (Å²) in [5.41, 5.74) is 4.51. The Kier molecular flexibility index (Phi) is 4.71. The first-order chi connectivity index (χ1) is 9.24. The number of benzene rings is 1. The lowest BCUT2D eigenvalue weighted by Gasteiger charge is -2.08. The zero-order valence-corrected chi connectivity index (χ0v) is 11.6. The van der Waals surface area contributed by atoms with Gasteiger partial charge in [0.2, 0.25) is 0 Å². The molecule has 0 unspecified atom stereocenters. The summed E-state index contributed by atoms with van der Waals surface area (Å²) in [4.78, 5) is 0. The molecule has 0 aliphatic carbocycles. The van der Waals surface area contributed by atoms with Gasteiger partial charge in [-0.1, -0.05) is 31.2 Å². The van der Waals surface area contributed by atoms with E-state index in [1.165, 1.54) is 5.56 Å². The van der Waals surface area contributed by atoms with E-state index in [1.54, 1.807) is 0 Å². The SMILES string of the molecule is CCc1nn(C)cc1CNCc1ccccc1CO. The normalized spacial score (nSPS) is 10.9. The Balaban J connectivity index is 1.96. The van der Waals surface area contributed by atoms with E-state index < -0.39 is 0 Å². The highest BCUT2D eigenvalue weighted by Gasteiger charge is 2.06. The van der Waals surface area contributed by atoms with Gasteiger partial charge in [-0.25, -0.2) is 0 Å². The van der Waals surface area contributed by atoms with Gasteiger partial charge in [0.15, 0.2) is 0 Å². The zero-order chi connectivity index (χ0) is 13.7. The Labute approximate surface area is 114 Å². The highest BCUT2D eigenvalue weighted by Crippen LogP contribution is 2.10. The topological polar surface area (TPSA) is 50.1 Å². The lowest BCUT2D eigenvalue weighted by molar-refractivity contribution is 0.280. The van der Waals surface area contributed by atoms with Gasteiger partial charge < -0.3 is 10.4 Å². The van der Waals surface area contributed by atoms with E-state index in [2.05, 4.69) is 23.5 Å². The van der Waals surface area contributed by atoms with Crippen molar-refractivity contribution in [1.29, 1.82) is 0 Å². The first-order valence-corrected chi connectivity index (χ1v) is 6.64. The van der Waals surface area contributed by atoms with Gasteiger partial charge in [0.05, 0.1) is 12.3 Å². The van der Waals surface area contributed by atoms with E-state index >= 15 is 0 Å². The Morgan fingerprint density at radius 3 is 2.53 bits per heavy atom. The predicted octanol–water partition coefficient (Wildman–Crippen LogP) is 1.76. The average Bonchev–Trinajstić information content (AvgIpc) is 2.79. The van der Waals surface area contributed by atoms with Gasteiger partial charge >= 0.3 is 0 Å². The summed E-state index contributed by atoms with van der Waals surface area (Å²) in [5.74, 6) is 0. The summed E-state index contributed by atoms with van der Waals surface area (Å²) in [7, 11) is 1.95. The third-order valence-corrected chi connectivity index (χ3v) is 3.25. The molecule has 2 aromatic rings. The molecule has 0 spiro atoms. The number of aryl methyl sites for hydroxylation is 2. The zero-order valence-electron chi connectivity index (χ0n) is 11.6. The van der Waals surface area contributed by atoms with E-state index in [0.29, 0.717) is 0 Å². The molecule has 0 aliphatic heterocycles. The van der Waals surface area contributed by atoms with Crippen LogP contribution in [0.15, 0.2) is 30.5 Å². The fourth-order valence-electron chi connectivity index (χ4n) is 2.25. The van der Waals surface area contributed by atoms with Crippen LogP contribution in [0.5, 0.6) is 0 Å². The van der Waals surface area contributed by atoms with Crippen molar-refractivity contribution in [2.75, 3.05) is 0 Å². The van der Waals surface area contributed by atoms with Crippen molar-refractivity contribution in [3.8, 4) is 0 Å². The summed E-state index contributed by atoms with van der Waals surface area (Å²) < 4.78 is 1.86. The van der Waals surface area contributed by atoms with Crippen LogP contribution in [-0.2, 0) is 33.2 Å². The van der Waals surface area contributed by atoms with Crippen LogP contribution in [0.25, 0.3) is 0 Å². The summed E-state index contributed by atoms with van der Waals surface area (Å²) in [6, 6.07) is 7.95. The third kappa shape index (κ3) is 3.43. The van der Waals surface area contributed by atoms with Gasteiger partial charge in [-0.3, -0.25) is 4.68 Å². The number of aromatic nitrogens is 2. The second-order valence-corrected chi connectivity index (χ2v) is 4.66. The van der Waals surface area contributed by atoms with Crippen LogP contribution in [0.2, 0.25) is 0 Å². The van der Waals surface area contributed by atoms with Crippen molar-refractivity contribution in [3.05, 3.63) is 52.8 Å². The summed E-state index contributed by atoms with van der Waals surface area (Å²) in [6.07, 6.45) is 3.01. The first kappa shape index (κ1) is 13.8. The largest absolute Gasteiger partial charge is 0.392 e. The minimum atomic E-state index is 0.0882. The van der Waals surface area contributed by atoms with Crippen LogP contribution in [0.4, 0.5) is 0 Å². The summed E-state index contributed by atoms with van der Waals surface area (Å²) in [6.45, 7) is 3.77. The molecule has 2 N–H and O–H groups in total. The van der Waals surface area contributed by atoms with Crippen molar-refractivity contribution in [2.24, 2.45) is 7.05 Å². The third-order valence-electron chi connectivity index (χ3n) is 3.25. The summed E-state index contributed by atoms with van der Waals surface area (Å²) in [5, 5.41) is 17.1. The Morgan fingerprint density at radius 2 is 1.84 bits per heavy atom. The molecule has 0 radical (unpaired) electrons. The van der Waals surface area contributed by atoms with E-state index in [9.17, 15) is 5.11 Å².